The van der Waals surface area contributed by atoms with E-state index in [1.165, 1.54) is 12.8 Å². The van der Waals surface area contributed by atoms with Gasteiger partial charge in [-0.05, 0) is 32.6 Å². The molecule has 0 aliphatic rings. The Hall–Kier alpha value is -0.410. The Bertz CT molecular complexity index is 257. The van der Waals surface area contributed by atoms with Gasteiger partial charge < -0.3 is 5.32 Å². The van der Waals surface area contributed by atoms with Crippen LogP contribution >= 0.6 is 11.3 Å². The van der Waals surface area contributed by atoms with Crippen molar-refractivity contribution in [2.45, 2.75) is 52.6 Å². The number of aromatic nitrogens is 1. The van der Waals surface area contributed by atoms with Crippen molar-refractivity contribution in [3.63, 3.8) is 0 Å². The number of nitrogens with one attached hydrogen (secondary N) is 1. The fraction of sp³-hybridized carbons (Fsp3) is 0.750. The van der Waals surface area contributed by atoms with Gasteiger partial charge >= 0.3 is 0 Å². The molecular formula is C12H22N2S. The molecule has 0 bridgehead atoms. The highest BCUT2D eigenvalue weighted by Gasteiger charge is 2.10. The standard InChI is InChI=1S/C12H22N2S/c1-9(2)5-6-10(3)14-11(4)12-7-15-8-13-12/h7-11,14H,5-6H2,1-4H3. The molecule has 0 radical (unpaired) electrons. The van der Waals surface area contributed by atoms with Crippen LogP contribution in [0.15, 0.2) is 10.9 Å². The summed E-state index contributed by atoms with van der Waals surface area (Å²) in [5, 5.41) is 5.70. The van der Waals surface area contributed by atoms with Crippen LogP contribution in [0.25, 0.3) is 0 Å². The maximum atomic E-state index is 4.32. The van der Waals surface area contributed by atoms with Crippen molar-refractivity contribution in [3.05, 3.63) is 16.6 Å². The van der Waals surface area contributed by atoms with Gasteiger partial charge in [-0.15, -0.1) is 11.3 Å². The maximum absolute atomic E-state index is 4.32. The van der Waals surface area contributed by atoms with Crippen LogP contribution in [0.5, 0.6) is 0 Å². The molecule has 86 valence electrons. The number of nitrogens with zero attached hydrogens (tertiary/aromatic N) is 1. The summed E-state index contributed by atoms with van der Waals surface area (Å²) in [4.78, 5) is 4.32. The van der Waals surface area contributed by atoms with Crippen LogP contribution in [-0.4, -0.2) is 11.0 Å². The molecule has 0 fully saturated rings. The first-order valence-corrected chi connectivity index (χ1v) is 6.68. The average molecular weight is 226 g/mol. The monoisotopic (exact) mass is 226 g/mol. The Morgan fingerprint density at radius 1 is 1.27 bits per heavy atom. The van der Waals surface area contributed by atoms with Gasteiger partial charge in [-0.3, -0.25) is 0 Å². The van der Waals surface area contributed by atoms with E-state index in [-0.39, 0.29) is 0 Å². The van der Waals surface area contributed by atoms with Crippen molar-refractivity contribution in [3.8, 4) is 0 Å². The third-order valence-electron chi connectivity index (χ3n) is 2.61. The number of hydrogen-bond donors (Lipinski definition) is 1. The maximum Gasteiger partial charge on any atom is 0.0795 e. The predicted molar refractivity (Wildman–Crippen MR) is 67.2 cm³/mol. The van der Waals surface area contributed by atoms with Crippen molar-refractivity contribution in [1.29, 1.82) is 0 Å². The van der Waals surface area contributed by atoms with Gasteiger partial charge in [-0.25, -0.2) is 4.98 Å². The Morgan fingerprint density at radius 2 is 2.00 bits per heavy atom. The van der Waals surface area contributed by atoms with Crippen molar-refractivity contribution in [2.75, 3.05) is 0 Å². The quantitative estimate of drug-likeness (QED) is 0.801. The molecule has 0 aliphatic heterocycles. The lowest BCUT2D eigenvalue weighted by molar-refractivity contribution is 0.414. The molecule has 0 amide bonds. The second-order valence-corrected chi connectivity index (χ2v) is 5.39. The van der Waals surface area contributed by atoms with E-state index < -0.39 is 0 Å². The summed E-state index contributed by atoms with van der Waals surface area (Å²) in [5.74, 6) is 0.795. The van der Waals surface area contributed by atoms with Crippen molar-refractivity contribution in [2.24, 2.45) is 5.92 Å². The van der Waals surface area contributed by atoms with Gasteiger partial charge in [0.2, 0.25) is 0 Å². The van der Waals surface area contributed by atoms with E-state index in [1.54, 1.807) is 11.3 Å². The molecule has 2 atom stereocenters. The number of hydrogen-bond acceptors (Lipinski definition) is 3. The number of rotatable bonds is 6. The molecule has 3 heteroatoms. The van der Waals surface area contributed by atoms with Crippen LogP contribution in [0.1, 0.15) is 52.3 Å². The Kier molecular flexibility index (Phi) is 5.26. The molecule has 0 spiro atoms. The van der Waals surface area contributed by atoms with Gasteiger partial charge in [0.05, 0.1) is 11.2 Å². The highest BCUT2D eigenvalue weighted by atomic mass is 32.1. The second kappa shape index (κ2) is 6.23. The van der Waals surface area contributed by atoms with Gasteiger partial charge in [0.1, 0.15) is 0 Å². The highest BCUT2D eigenvalue weighted by Crippen LogP contribution is 2.14. The van der Waals surface area contributed by atoms with Gasteiger partial charge in [-0.1, -0.05) is 13.8 Å². The minimum atomic E-state index is 0.374. The Morgan fingerprint density at radius 3 is 2.53 bits per heavy atom. The van der Waals surface area contributed by atoms with E-state index in [4.69, 9.17) is 0 Å². The second-order valence-electron chi connectivity index (χ2n) is 4.67. The summed E-state index contributed by atoms with van der Waals surface area (Å²) in [7, 11) is 0. The molecular weight excluding hydrogens is 204 g/mol. The molecule has 1 N–H and O–H groups in total. The first kappa shape index (κ1) is 12.7. The fourth-order valence-electron chi connectivity index (χ4n) is 1.61. The molecule has 0 aromatic carbocycles. The largest absolute Gasteiger partial charge is 0.306 e. The van der Waals surface area contributed by atoms with Crippen LogP contribution in [0.4, 0.5) is 0 Å². The van der Waals surface area contributed by atoms with E-state index in [0.29, 0.717) is 12.1 Å². The van der Waals surface area contributed by atoms with E-state index >= 15 is 0 Å². The Balaban J connectivity index is 2.28. The van der Waals surface area contributed by atoms with Crippen LogP contribution < -0.4 is 5.32 Å². The molecule has 1 rings (SSSR count). The molecule has 2 unspecified atom stereocenters. The van der Waals surface area contributed by atoms with Crippen LogP contribution in [-0.2, 0) is 0 Å². The topological polar surface area (TPSA) is 24.9 Å². The summed E-state index contributed by atoms with van der Waals surface area (Å²) in [5.41, 5.74) is 3.06. The summed E-state index contributed by atoms with van der Waals surface area (Å²) in [6, 6.07) is 0.947. The minimum absolute atomic E-state index is 0.374. The molecule has 1 aromatic rings. The molecule has 2 nitrogen and oxygen atoms in total. The SMILES string of the molecule is CC(C)CCC(C)NC(C)c1cscn1. The van der Waals surface area contributed by atoms with Gasteiger partial charge in [0.15, 0.2) is 0 Å². The zero-order valence-corrected chi connectivity index (χ0v) is 11.0. The first-order valence-electron chi connectivity index (χ1n) is 5.73. The third-order valence-corrected chi connectivity index (χ3v) is 3.21. The zero-order valence-electron chi connectivity index (χ0n) is 10.2. The van der Waals surface area contributed by atoms with E-state index in [2.05, 4.69) is 43.4 Å². The number of thiazole rings is 1. The minimum Gasteiger partial charge on any atom is -0.306 e. The predicted octanol–water partition coefficient (Wildman–Crippen LogP) is 3.62. The average Bonchev–Trinajstić information content (AvgIpc) is 2.67. The van der Waals surface area contributed by atoms with Crippen LogP contribution in [0.2, 0.25) is 0 Å². The normalized spacial score (nSPS) is 15.5. The van der Waals surface area contributed by atoms with Gasteiger partial charge in [-0.2, -0.15) is 0 Å². The molecule has 15 heavy (non-hydrogen) atoms. The zero-order chi connectivity index (χ0) is 11.3. The summed E-state index contributed by atoms with van der Waals surface area (Å²) in [6.07, 6.45) is 2.53. The van der Waals surface area contributed by atoms with Crippen LogP contribution in [0, 0.1) is 5.92 Å². The van der Waals surface area contributed by atoms with Gasteiger partial charge in [0.25, 0.3) is 0 Å². The lowest BCUT2D eigenvalue weighted by Crippen LogP contribution is -2.29. The Labute approximate surface area is 97.1 Å². The van der Waals surface area contributed by atoms with E-state index in [9.17, 15) is 0 Å². The molecule has 0 aliphatic carbocycles. The van der Waals surface area contributed by atoms with Crippen molar-refractivity contribution in [1.82, 2.24) is 10.3 Å². The molecule has 1 aromatic heterocycles. The summed E-state index contributed by atoms with van der Waals surface area (Å²) < 4.78 is 0. The lowest BCUT2D eigenvalue weighted by Gasteiger charge is -2.19. The van der Waals surface area contributed by atoms with Gasteiger partial charge in [0, 0.05) is 17.5 Å². The fourth-order valence-corrected chi connectivity index (χ4v) is 2.26. The lowest BCUT2D eigenvalue weighted by atomic mass is 10.0. The first-order chi connectivity index (χ1) is 7.09. The highest BCUT2D eigenvalue weighted by molar-refractivity contribution is 7.07. The van der Waals surface area contributed by atoms with E-state index in [0.717, 1.165) is 11.6 Å². The third kappa shape index (κ3) is 4.76. The van der Waals surface area contributed by atoms with Crippen molar-refractivity contribution < 1.29 is 0 Å². The smallest absolute Gasteiger partial charge is 0.0795 e. The van der Waals surface area contributed by atoms with E-state index in [1.807, 2.05) is 5.51 Å². The summed E-state index contributed by atoms with van der Waals surface area (Å²) in [6.45, 7) is 8.99. The molecule has 0 saturated heterocycles. The molecule has 1 heterocycles. The summed E-state index contributed by atoms with van der Waals surface area (Å²) >= 11 is 1.66. The van der Waals surface area contributed by atoms with Crippen molar-refractivity contribution >= 4 is 11.3 Å². The molecule has 0 saturated carbocycles. The van der Waals surface area contributed by atoms with Crippen LogP contribution in [0.3, 0.4) is 0 Å².